The molecule has 5 nitrogen and oxygen atoms in total. The zero-order chi connectivity index (χ0) is 14.6. The molecule has 0 aromatic rings. The Morgan fingerprint density at radius 1 is 0.833 bits per heavy atom. The van der Waals surface area contributed by atoms with E-state index in [2.05, 4.69) is 0 Å². The van der Waals surface area contributed by atoms with Crippen molar-refractivity contribution in [1.29, 1.82) is 0 Å². The Morgan fingerprint density at radius 2 is 1.28 bits per heavy atom. The minimum atomic E-state index is -2.26. The van der Waals surface area contributed by atoms with Crippen molar-refractivity contribution in [2.75, 3.05) is 12.5 Å². The third kappa shape index (κ3) is 7.96. The lowest BCUT2D eigenvalue weighted by atomic mass is 11.7. The minimum Gasteiger partial charge on any atom is -0.437 e. The molecule has 1 unspecified atom stereocenters. The van der Waals surface area contributed by atoms with Gasteiger partial charge in [0.25, 0.3) is 9.28 Å². The summed E-state index contributed by atoms with van der Waals surface area (Å²) in [6.45, 7) is 13.8. The van der Waals surface area contributed by atoms with Crippen LogP contribution in [0.2, 0.25) is 45.8 Å². The van der Waals surface area contributed by atoms with E-state index < -0.39 is 34.5 Å². The molecule has 0 aromatic heterocycles. The number of hydrogen-bond donors (Lipinski definition) is 2. The van der Waals surface area contributed by atoms with Crippen LogP contribution < -0.4 is 0 Å². The van der Waals surface area contributed by atoms with Gasteiger partial charge in [-0.15, -0.1) is 0 Å². The topological polar surface area (TPSA) is 68.2 Å². The standard InChI is InChI=1S/C9H28O5Si4/c1-15(12-16(2,3)8-10)13-18(6,7)14-17(4,5)9-11/h10-11,15H,8-9H2,1-7H3. The Bertz CT molecular complexity index is 259. The van der Waals surface area contributed by atoms with Crippen LogP contribution in [-0.2, 0) is 12.3 Å². The second kappa shape index (κ2) is 6.90. The highest BCUT2D eigenvalue weighted by Gasteiger charge is 2.37. The fourth-order valence-electron chi connectivity index (χ4n) is 1.63. The van der Waals surface area contributed by atoms with Crippen molar-refractivity contribution >= 4 is 34.5 Å². The Kier molecular flexibility index (Phi) is 7.16. The van der Waals surface area contributed by atoms with E-state index in [1.54, 1.807) is 0 Å². The second-order valence-corrected chi connectivity index (χ2v) is 20.4. The molecule has 18 heavy (non-hydrogen) atoms. The quantitative estimate of drug-likeness (QED) is 0.652. The van der Waals surface area contributed by atoms with Gasteiger partial charge >= 0.3 is 8.56 Å². The van der Waals surface area contributed by atoms with Gasteiger partial charge in [-0.1, -0.05) is 0 Å². The van der Waals surface area contributed by atoms with Crippen LogP contribution in [-0.4, -0.2) is 57.2 Å². The molecule has 9 heteroatoms. The molecule has 0 amide bonds. The normalized spacial score (nSPS) is 15.8. The van der Waals surface area contributed by atoms with Gasteiger partial charge < -0.3 is 22.6 Å². The van der Waals surface area contributed by atoms with Crippen molar-refractivity contribution in [1.82, 2.24) is 0 Å². The lowest BCUT2D eigenvalue weighted by Gasteiger charge is -2.35. The maximum atomic E-state index is 9.27. The molecule has 0 aromatic carbocycles. The number of rotatable bonds is 8. The van der Waals surface area contributed by atoms with E-state index in [1.165, 1.54) is 0 Å². The molecule has 0 aliphatic heterocycles. The lowest BCUT2D eigenvalue weighted by Crippen LogP contribution is -2.53. The van der Waals surface area contributed by atoms with Crippen LogP contribution in [0.1, 0.15) is 0 Å². The van der Waals surface area contributed by atoms with Gasteiger partial charge in [0.05, 0.1) is 12.5 Å². The van der Waals surface area contributed by atoms with E-state index in [4.69, 9.17) is 12.3 Å². The van der Waals surface area contributed by atoms with E-state index in [9.17, 15) is 10.2 Å². The van der Waals surface area contributed by atoms with Crippen LogP contribution in [0.3, 0.4) is 0 Å². The minimum absolute atomic E-state index is 0.0977. The predicted molar refractivity (Wildman–Crippen MR) is 82.9 cm³/mol. The zero-order valence-electron chi connectivity index (χ0n) is 12.6. The summed E-state index contributed by atoms with van der Waals surface area (Å²) in [5, 5.41) is 18.5. The SMILES string of the molecule is C[SiH](O[Si](C)(C)CO)O[Si](C)(C)O[Si](C)(C)CO. The van der Waals surface area contributed by atoms with E-state index in [-0.39, 0.29) is 12.5 Å². The fourth-order valence-corrected chi connectivity index (χ4v) is 15.6. The van der Waals surface area contributed by atoms with E-state index in [0.29, 0.717) is 0 Å². The number of aliphatic hydroxyl groups is 2. The van der Waals surface area contributed by atoms with Gasteiger partial charge in [0.2, 0.25) is 16.6 Å². The maximum absolute atomic E-state index is 9.27. The van der Waals surface area contributed by atoms with Crippen LogP contribution in [0.5, 0.6) is 0 Å². The number of aliphatic hydroxyl groups excluding tert-OH is 2. The maximum Gasteiger partial charge on any atom is 0.312 e. The molecule has 0 heterocycles. The van der Waals surface area contributed by atoms with Crippen LogP contribution in [0, 0.1) is 0 Å². The summed E-state index contributed by atoms with van der Waals surface area (Å²) in [7, 11) is -8.06. The van der Waals surface area contributed by atoms with Crippen LogP contribution >= 0.6 is 0 Å². The molecule has 0 spiro atoms. The highest BCUT2D eigenvalue weighted by atomic mass is 28.5. The Labute approximate surface area is 115 Å². The molecule has 1 atom stereocenters. The third-order valence-electron chi connectivity index (χ3n) is 2.22. The molecule has 0 bridgehead atoms. The van der Waals surface area contributed by atoms with Crippen LogP contribution in [0.25, 0.3) is 0 Å². The van der Waals surface area contributed by atoms with Gasteiger partial charge in [0.1, 0.15) is 0 Å². The summed E-state index contributed by atoms with van der Waals surface area (Å²) >= 11 is 0. The average Bonchev–Trinajstić information content (AvgIpc) is 2.14. The smallest absolute Gasteiger partial charge is 0.312 e. The van der Waals surface area contributed by atoms with Crippen molar-refractivity contribution in [3.05, 3.63) is 0 Å². The molecule has 0 rings (SSSR count). The van der Waals surface area contributed by atoms with Crippen molar-refractivity contribution in [3.63, 3.8) is 0 Å². The monoisotopic (exact) mass is 328 g/mol. The van der Waals surface area contributed by atoms with Crippen molar-refractivity contribution in [2.45, 2.75) is 45.8 Å². The number of hydrogen-bond acceptors (Lipinski definition) is 5. The molecule has 0 saturated carbocycles. The van der Waals surface area contributed by atoms with Crippen molar-refractivity contribution in [3.8, 4) is 0 Å². The Balaban J connectivity index is 4.40. The van der Waals surface area contributed by atoms with Gasteiger partial charge in [0, 0.05) is 0 Å². The summed E-state index contributed by atoms with van der Waals surface area (Å²) in [5.74, 6) is 0. The molecule has 0 fully saturated rings. The summed E-state index contributed by atoms with van der Waals surface area (Å²) in [4.78, 5) is 0. The molecule has 0 radical (unpaired) electrons. The summed E-state index contributed by atoms with van der Waals surface area (Å²) < 4.78 is 17.9. The highest BCUT2D eigenvalue weighted by molar-refractivity contribution is 6.85. The first-order valence-electron chi connectivity index (χ1n) is 6.20. The summed E-state index contributed by atoms with van der Waals surface area (Å²) in [6.07, 6.45) is 0.202. The molecular weight excluding hydrogens is 300 g/mol. The van der Waals surface area contributed by atoms with Gasteiger partial charge in [-0.3, -0.25) is 0 Å². The molecule has 2 N–H and O–H groups in total. The fraction of sp³-hybridized carbons (Fsp3) is 1.00. The average molecular weight is 329 g/mol. The Morgan fingerprint density at radius 3 is 1.67 bits per heavy atom. The third-order valence-corrected chi connectivity index (χ3v) is 15.4. The van der Waals surface area contributed by atoms with Gasteiger partial charge in [0.15, 0.2) is 0 Å². The van der Waals surface area contributed by atoms with Gasteiger partial charge in [-0.2, -0.15) is 0 Å². The van der Waals surface area contributed by atoms with Gasteiger partial charge in [-0.05, 0) is 45.8 Å². The predicted octanol–water partition coefficient (Wildman–Crippen LogP) is 1.06. The summed E-state index contributed by atoms with van der Waals surface area (Å²) in [5.41, 5.74) is 0. The van der Waals surface area contributed by atoms with Crippen LogP contribution in [0.15, 0.2) is 0 Å². The molecule has 110 valence electrons. The lowest BCUT2D eigenvalue weighted by molar-refractivity contribution is 0.296. The zero-order valence-corrected chi connectivity index (χ0v) is 16.8. The van der Waals surface area contributed by atoms with Gasteiger partial charge in [-0.25, -0.2) is 0 Å². The first-order valence-corrected chi connectivity index (χ1v) is 17.3. The molecule has 0 saturated heterocycles. The largest absolute Gasteiger partial charge is 0.437 e. The van der Waals surface area contributed by atoms with Crippen molar-refractivity contribution < 1.29 is 22.6 Å². The molecular formula is C9H28O5Si4. The van der Waals surface area contributed by atoms with Crippen LogP contribution in [0.4, 0.5) is 0 Å². The van der Waals surface area contributed by atoms with E-state index in [1.807, 2.05) is 45.8 Å². The summed E-state index contributed by atoms with van der Waals surface area (Å²) in [6, 6.07) is 0. The second-order valence-electron chi connectivity index (χ2n) is 6.14. The van der Waals surface area contributed by atoms with E-state index in [0.717, 1.165) is 0 Å². The first kappa shape index (κ1) is 18.7. The first-order chi connectivity index (χ1) is 7.93. The van der Waals surface area contributed by atoms with Crippen molar-refractivity contribution in [2.24, 2.45) is 0 Å². The molecule has 0 aliphatic carbocycles. The Hall–Kier alpha value is 0.668. The van der Waals surface area contributed by atoms with E-state index >= 15 is 0 Å². The highest BCUT2D eigenvalue weighted by Crippen LogP contribution is 2.17. The molecule has 0 aliphatic rings.